The number of nitrogens with zero attached hydrogens (tertiary/aromatic N) is 3. The highest BCUT2D eigenvalue weighted by Crippen LogP contribution is 2.01. The van der Waals surface area contributed by atoms with Crippen LogP contribution in [0.15, 0.2) is 6.33 Å². The van der Waals surface area contributed by atoms with Crippen molar-refractivity contribution in [3.63, 3.8) is 0 Å². The van der Waals surface area contributed by atoms with E-state index in [0.29, 0.717) is 11.9 Å². The van der Waals surface area contributed by atoms with Crippen LogP contribution in [0.4, 0.5) is 11.9 Å². The maximum atomic E-state index is 4.24. The molecule has 0 aromatic carbocycles. The lowest BCUT2D eigenvalue weighted by Crippen LogP contribution is -2.09. The van der Waals surface area contributed by atoms with Gasteiger partial charge in [-0.2, -0.15) is 4.98 Å². The van der Waals surface area contributed by atoms with E-state index < -0.39 is 0 Å². The molecule has 1 aromatic heterocycles. The number of rotatable bonds is 7. The van der Waals surface area contributed by atoms with Crippen LogP contribution in [0.3, 0.4) is 0 Å². The topological polar surface area (TPSA) is 62.7 Å². The molecule has 0 aliphatic heterocycles. The van der Waals surface area contributed by atoms with Gasteiger partial charge in [0.25, 0.3) is 0 Å². The lowest BCUT2D eigenvalue weighted by molar-refractivity contribution is 0.823. The molecule has 0 atom stereocenters. The standard InChI is InChI=1S/C10H19N5/c1-3-5-7-12-10-14-8-13-9(15-10)11-6-4-2/h8H,3-7H2,1-2H3,(H2,11,12,13,14,15). The van der Waals surface area contributed by atoms with Crippen molar-refractivity contribution < 1.29 is 0 Å². The summed E-state index contributed by atoms with van der Waals surface area (Å²) in [5.74, 6) is 1.29. The lowest BCUT2D eigenvalue weighted by Gasteiger charge is -2.05. The number of anilines is 2. The summed E-state index contributed by atoms with van der Waals surface area (Å²) in [6.07, 6.45) is 4.88. The van der Waals surface area contributed by atoms with E-state index in [0.717, 1.165) is 25.9 Å². The molecule has 2 N–H and O–H groups in total. The second-order valence-corrected chi connectivity index (χ2v) is 3.34. The Morgan fingerprint density at radius 1 is 1.00 bits per heavy atom. The smallest absolute Gasteiger partial charge is 0.227 e. The molecule has 0 spiro atoms. The van der Waals surface area contributed by atoms with Gasteiger partial charge in [-0.3, -0.25) is 0 Å². The van der Waals surface area contributed by atoms with Gasteiger partial charge in [0.15, 0.2) is 0 Å². The first-order valence-electron chi connectivity index (χ1n) is 5.53. The minimum Gasteiger partial charge on any atom is -0.354 e. The zero-order valence-electron chi connectivity index (χ0n) is 9.45. The van der Waals surface area contributed by atoms with Crippen LogP contribution in [0.2, 0.25) is 0 Å². The van der Waals surface area contributed by atoms with Gasteiger partial charge in [-0.15, -0.1) is 0 Å². The van der Waals surface area contributed by atoms with E-state index in [4.69, 9.17) is 0 Å². The number of aromatic nitrogens is 3. The molecule has 1 rings (SSSR count). The van der Waals surface area contributed by atoms with E-state index in [1.54, 1.807) is 0 Å². The molecular formula is C10H19N5. The molecule has 0 bridgehead atoms. The Hall–Kier alpha value is -1.39. The molecule has 0 aliphatic rings. The van der Waals surface area contributed by atoms with Crippen molar-refractivity contribution in [2.24, 2.45) is 0 Å². The Morgan fingerprint density at radius 2 is 1.67 bits per heavy atom. The Balaban J connectivity index is 2.42. The first-order valence-corrected chi connectivity index (χ1v) is 5.53. The number of hydrogen-bond donors (Lipinski definition) is 2. The van der Waals surface area contributed by atoms with Gasteiger partial charge in [0, 0.05) is 13.1 Å². The Labute approximate surface area is 90.7 Å². The first kappa shape index (κ1) is 11.7. The van der Waals surface area contributed by atoms with Crippen LogP contribution in [-0.2, 0) is 0 Å². The van der Waals surface area contributed by atoms with Gasteiger partial charge >= 0.3 is 0 Å². The average molecular weight is 209 g/mol. The maximum absolute atomic E-state index is 4.24. The van der Waals surface area contributed by atoms with E-state index in [-0.39, 0.29) is 0 Å². The van der Waals surface area contributed by atoms with E-state index in [9.17, 15) is 0 Å². The van der Waals surface area contributed by atoms with Crippen LogP contribution in [0.1, 0.15) is 33.1 Å². The molecule has 0 saturated carbocycles. The van der Waals surface area contributed by atoms with Crippen molar-refractivity contribution in [2.75, 3.05) is 23.7 Å². The SMILES string of the molecule is CCCCNc1ncnc(NCCC)n1. The number of nitrogens with one attached hydrogen (secondary N) is 2. The second-order valence-electron chi connectivity index (χ2n) is 3.34. The third-order valence-electron chi connectivity index (χ3n) is 1.92. The van der Waals surface area contributed by atoms with Gasteiger partial charge in [-0.1, -0.05) is 20.3 Å². The van der Waals surface area contributed by atoms with E-state index in [2.05, 4.69) is 39.4 Å². The summed E-state index contributed by atoms with van der Waals surface area (Å²) in [7, 11) is 0. The highest BCUT2D eigenvalue weighted by molar-refractivity contribution is 5.32. The predicted octanol–water partition coefficient (Wildman–Crippen LogP) is 1.91. The van der Waals surface area contributed by atoms with Gasteiger partial charge in [-0.25, -0.2) is 9.97 Å². The van der Waals surface area contributed by atoms with Crippen molar-refractivity contribution in [3.05, 3.63) is 6.33 Å². The van der Waals surface area contributed by atoms with Crippen LogP contribution in [0.5, 0.6) is 0 Å². The number of unbranched alkanes of at least 4 members (excludes halogenated alkanes) is 1. The summed E-state index contributed by atoms with van der Waals surface area (Å²) in [5, 5.41) is 6.28. The normalized spacial score (nSPS) is 10.0. The zero-order chi connectivity index (χ0) is 10.9. The fourth-order valence-corrected chi connectivity index (χ4v) is 1.08. The summed E-state index contributed by atoms with van der Waals surface area (Å²) in [5.41, 5.74) is 0. The highest BCUT2D eigenvalue weighted by Gasteiger charge is 1.98. The fourth-order valence-electron chi connectivity index (χ4n) is 1.08. The van der Waals surface area contributed by atoms with E-state index >= 15 is 0 Å². The molecule has 84 valence electrons. The van der Waals surface area contributed by atoms with Crippen LogP contribution in [-0.4, -0.2) is 28.0 Å². The predicted molar refractivity (Wildman–Crippen MR) is 62.0 cm³/mol. The average Bonchev–Trinajstić information content (AvgIpc) is 2.27. The number of hydrogen-bond acceptors (Lipinski definition) is 5. The highest BCUT2D eigenvalue weighted by atomic mass is 15.2. The summed E-state index contributed by atoms with van der Waals surface area (Å²) in [4.78, 5) is 12.3. The quantitative estimate of drug-likeness (QED) is 0.672. The molecule has 1 heterocycles. The van der Waals surface area contributed by atoms with Gasteiger partial charge in [0.2, 0.25) is 11.9 Å². The summed E-state index contributed by atoms with van der Waals surface area (Å²) in [6, 6.07) is 0. The molecule has 5 nitrogen and oxygen atoms in total. The van der Waals surface area contributed by atoms with Crippen molar-refractivity contribution in [1.82, 2.24) is 15.0 Å². The minimum atomic E-state index is 0.644. The first-order chi connectivity index (χ1) is 7.36. The Morgan fingerprint density at radius 3 is 2.27 bits per heavy atom. The van der Waals surface area contributed by atoms with Crippen molar-refractivity contribution in [3.8, 4) is 0 Å². The molecule has 0 saturated heterocycles. The summed E-state index contributed by atoms with van der Waals surface area (Å²) in [6.45, 7) is 6.06. The summed E-state index contributed by atoms with van der Waals surface area (Å²) >= 11 is 0. The molecular weight excluding hydrogens is 190 g/mol. The molecule has 0 unspecified atom stereocenters. The van der Waals surface area contributed by atoms with Crippen molar-refractivity contribution in [1.29, 1.82) is 0 Å². The molecule has 0 amide bonds. The van der Waals surface area contributed by atoms with Gasteiger partial charge in [0.05, 0.1) is 0 Å². The zero-order valence-corrected chi connectivity index (χ0v) is 9.45. The van der Waals surface area contributed by atoms with Crippen LogP contribution in [0.25, 0.3) is 0 Å². The van der Waals surface area contributed by atoms with Crippen LogP contribution >= 0.6 is 0 Å². The van der Waals surface area contributed by atoms with E-state index in [1.807, 2.05) is 0 Å². The van der Waals surface area contributed by atoms with Crippen molar-refractivity contribution >= 4 is 11.9 Å². The minimum absolute atomic E-state index is 0.644. The third kappa shape index (κ3) is 4.58. The van der Waals surface area contributed by atoms with E-state index in [1.165, 1.54) is 12.7 Å². The summed E-state index contributed by atoms with van der Waals surface area (Å²) < 4.78 is 0. The van der Waals surface area contributed by atoms with Gasteiger partial charge in [-0.05, 0) is 12.8 Å². The van der Waals surface area contributed by atoms with Crippen LogP contribution < -0.4 is 10.6 Å². The molecule has 0 radical (unpaired) electrons. The molecule has 0 aliphatic carbocycles. The molecule has 15 heavy (non-hydrogen) atoms. The fraction of sp³-hybridized carbons (Fsp3) is 0.700. The van der Waals surface area contributed by atoms with Gasteiger partial charge in [0.1, 0.15) is 6.33 Å². The van der Waals surface area contributed by atoms with Gasteiger partial charge < -0.3 is 10.6 Å². The molecule has 5 heteroatoms. The maximum Gasteiger partial charge on any atom is 0.227 e. The molecule has 0 fully saturated rings. The van der Waals surface area contributed by atoms with Crippen LogP contribution in [0, 0.1) is 0 Å². The van der Waals surface area contributed by atoms with Crippen molar-refractivity contribution in [2.45, 2.75) is 33.1 Å². The lowest BCUT2D eigenvalue weighted by atomic mass is 10.3. The second kappa shape index (κ2) is 6.98. The Kier molecular flexibility index (Phi) is 5.43. The largest absolute Gasteiger partial charge is 0.354 e. The molecule has 1 aromatic rings. The third-order valence-corrected chi connectivity index (χ3v) is 1.92. The Bertz CT molecular complexity index is 276. The monoisotopic (exact) mass is 209 g/mol.